The lowest BCUT2D eigenvalue weighted by Crippen LogP contribution is -2.29. The van der Waals surface area contributed by atoms with Gasteiger partial charge >= 0.3 is 0 Å². The highest BCUT2D eigenvalue weighted by atomic mass is 35.5. The van der Waals surface area contributed by atoms with Crippen molar-refractivity contribution in [3.05, 3.63) is 35.2 Å². The Balaban J connectivity index is 1.92. The molecule has 2 heterocycles. The SMILES string of the molecule is COCC(O)CNCc1cn2cc(Cl)ccc2n1. The molecular formula is C12H16ClN3O2. The molecule has 0 saturated heterocycles. The van der Waals surface area contributed by atoms with Gasteiger partial charge in [-0.2, -0.15) is 0 Å². The van der Waals surface area contributed by atoms with Crippen LogP contribution >= 0.6 is 11.6 Å². The van der Waals surface area contributed by atoms with Crippen molar-refractivity contribution < 1.29 is 9.84 Å². The average Bonchev–Trinajstić information content (AvgIpc) is 2.71. The first-order valence-corrected chi connectivity index (χ1v) is 6.07. The van der Waals surface area contributed by atoms with Crippen LogP contribution in [0.3, 0.4) is 0 Å². The molecule has 0 spiro atoms. The number of nitrogens with zero attached hydrogens (tertiary/aromatic N) is 2. The molecule has 0 aliphatic heterocycles. The number of nitrogens with one attached hydrogen (secondary N) is 1. The van der Waals surface area contributed by atoms with Gasteiger partial charge in [0, 0.05) is 32.6 Å². The maximum atomic E-state index is 9.47. The zero-order chi connectivity index (χ0) is 13.0. The summed E-state index contributed by atoms with van der Waals surface area (Å²) in [5.74, 6) is 0. The van der Waals surface area contributed by atoms with Crippen LogP contribution < -0.4 is 5.32 Å². The summed E-state index contributed by atoms with van der Waals surface area (Å²) in [6.45, 7) is 1.40. The van der Waals surface area contributed by atoms with Crippen LogP contribution in [0.25, 0.3) is 5.65 Å². The summed E-state index contributed by atoms with van der Waals surface area (Å²) >= 11 is 5.90. The number of pyridine rings is 1. The molecule has 0 bridgehead atoms. The van der Waals surface area contributed by atoms with Crippen molar-refractivity contribution in [2.45, 2.75) is 12.6 Å². The second-order valence-corrected chi connectivity index (χ2v) is 4.52. The molecule has 0 saturated carbocycles. The summed E-state index contributed by atoms with van der Waals surface area (Å²) in [5, 5.41) is 13.3. The van der Waals surface area contributed by atoms with Crippen molar-refractivity contribution >= 4 is 17.2 Å². The molecule has 1 unspecified atom stereocenters. The van der Waals surface area contributed by atoms with E-state index >= 15 is 0 Å². The predicted octanol–water partition coefficient (Wildman–Crippen LogP) is 1.08. The molecule has 18 heavy (non-hydrogen) atoms. The van der Waals surface area contributed by atoms with Crippen molar-refractivity contribution in [1.29, 1.82) is 0 Å². The Hall–Kier alpha value is -1.14. The Bertz CT molecular complexity index is 515. The van der Waals surface area contributed by atoms with Crippen molar-refractivity contribution in [2.75, 3.05) is 20.3 Å². The Morgan fingerprint density at radius 3 is 3.11 bits per heavy atom. The number of ether oxygens (including phenoxy) is 1. The van der Waals surface area contributed by atoms with Crippen LogP contribution in [0.1, 0.15) is 5.69 Å². The molecule has 0 amide bonds. The van der Waals surface area contributed by atoms with Crippen LogP contribution in [0, 0.1) is 0 Å². The minimum Gasteiger partial charge on any atom is -0.389 e. The van der Waals surface area contributed by atoms with Gasteiger partial charge < -0.3 is 19.6 Å². The van der Waals surface area contributed by atoms with Crippen LogP contribution in [0.15, 0.2) is 24.5 Å². The number of hydrogen-bond acceptors (Lipinski definition) is 4. The number of imidazole rings is 1. The van der Waals surface area contributed by atoms with Crippen molar-refractivity contribution in [1.82, 2.24) is 14.7 Å². The molecule has 98 valence electrons. The third kappa shape index (κ3) is 3.43. The molecular weight excluding hydrogens is 254 g/mol. The van der Waals surface area contributed by atoms with Gasteiger partial charge in [0.15, 0.2) is 0 Å². The Morgan fingerprint density at radius 2 is 2.33 bits per heavy atom. The fourth-order valence-electron chi connectivity index (χ4n) is 1.72. The third-order valence-corrected chi connectivity index (χ3v) is 2.73. The zero-order valence-corrected chi connectivity index (χ0v) is 10.9. The number of hydrogen-bond donors (Lipinski definition) is 2. The van der Waals surface area contributed by atoms with E-state index in [1.54, 1.807) is 7.11 Å². The minimum absolute atomic E-state index is 0.327. The molecule has 0 aliphatic rings. The quantitative estimate of drug-likeness (QED) is 0.824. The van der Waals surface area contributed by atoms with Gasteiger partial charge in [-0.1, -0.05) is 11.6 Å². The Morgan fingerprint density at radius 1 is 1.50 bits per heavy atom. The maximum Gasteiger partial charge on any atom is 0.137 e. The molecule has 0 aliphatic carbocycles. The summed E-state index contributed by atoms with van der Waals surface area (Å²) in [7, 11) is 1.56. The van der Waals surface area contributed by atoms with E-state index in [2.05, 4.69) is 10.3 Å². The van der Waals surface area contributed by atoms with Crippen molar-refractivity contribution in [3.8, 4) is 0 Å². The van der Waals surface area contributed by atoms with Gasteiger partial charge in [-0.25, -0.2) is 4.98 Å². The number of halogens is 1. The number of aromatic nitrogens is 2. The highest BCUT2D eigenvalue weighted by Gasteiger charge is 2.05. The lowest BCUT2D eigenvalue weighted by Gasteiger charge is -2.09. The van der Waals surface area contributed by atoms with E-state index in [0.29, 0.717) is 24.7 Å². The van der Waals surface area contributed by atoms with E-state index in [4.69, 9.17) is 16.3 Å². The van der Waals surface area contributed by atoms with E-state index in [1.165, 1.54) is 0 Å². The van der Waals surface area contributed by atoms with Crippen LogP contribution in [0.4, 0.5) is 0 Å². The molecule has 2 aromatic rings. The van der Waals surface area contributed by atoms with E-state index in [9.17, 15) is 5.11 Å². The number of aliphatic hydroxyl groups is 1. The topological polar surface area (TPSA) is 58.8 Å². The average molecular weight is 270 g/mol. The maximum absolute atomic E-state index is 9.47. The van der Waals surface area contributed by atoms with Crippen LogP contribution in [-0.4, -0.2) is 40.9 Å². The first-order chi connectivity index (χ1) is 8.69. The molecule has 2 N–H and O–H groups in total. The number of aliphatic hydroxyl groups excluding tert-OH is 1. The zero-order valence-electron chi connectivity index (χ0n) is 10.1. The summed E-state index contributed by atoms with van der Waals surface area (Å²) in [4.78, 5) is 4.43. The Labute approximate surface area is 110 Å². The fourth-order valence-corrected chi connectivity index (χ4v) is 1.89. The lowest BCUT2D eigenvalue weighted by atomic mass is 10.3. The van der Waals surface area contributed by atoms with Gasteiger partial charge in [0.2, 0.25) is 0 Å². The van der Waals surface area contributed by atoms with Gasteiger partial charge in [-0.05, 0) is 12.1 Å². The van der Waals surface area contributed by atoms with Crippen LogP contribution in [-0.2, 0) is 11.3 Å². The lowest BCUT2D eigenvalue weighted by molar-refractivity contribution is 0.0643. The van der Waals surface area contributed by atoms with Crippen LogP contribution in [0.5, 0.6) is 0 Å². The molecule has 0 radical (unpaired) electrons. The normalized spacial score (nSPS) is 13.1. The molecule has 0 aromatic carbocycles. The summed E-state index contributed by atoms with van der Waals surface area (Å²) in [5.41, 5.74) is 1.76. The number of fused-ring (bicyclic) bond motifs is 1. The standard InChI is InChI=1S/C12H16ClN3O2/c1-18-8-11(17)5-14-4-10-7-16-6-9(13)2-3-12(16)15-10/h2-3,6-7,11,14,17H,4-5,8H2,1H3. The number of rotatable bonds is 6. The molecule has 1 atom stereocenters. The molecule has 2 rings (SSSR count). The smallest absolute Gasteiger partial charge is 0.137 e. The van der Waals surface area contributed by atoms with E-state index in [0.717, 1.165) is 11.3 Å². The minimum atomic E-state index is -0.499. The number of methoxy groups -OCH3 is 1. The van der Waals surface area contributed by atoms with Gasteiger partial charge in [-0.15, -0.1) is 0 Å². The largest absolute Gasteiger partial charge is 0.389 e. The Kier molecular flexibility index (Phi) is 4.54. The van der Waals surface area contributed by atoms with E-state index < -0.39 is 6.10 Å². The summed E-state index contributed by atoms with van der Waals surface area (Å²) < 4.78 is 6.72. The monoisotopic (exact) mass is 269 g/mol. The van der Waals surface area contributed by atoms with E-state index in [1.807, 2.05) is 28.9 Å². The second kappa shape index (κ2) is 6.15. The highest BCUT2D eigenvalue weighted by molar-refractivity contribution is 6.30. The molecule has 0 fully saturated rings. The summed E-state index contributed by atoms with van der Waals surface area (Å²) in [6.07, 6.45) is 3.23. The summed E-state index contributed by atoms with van der Waals surface area (Å²) in [6, 6.07) is 3.68. The highest BCUT2D eigenvalue weighted by Crippen LogP contribution is 2.11. The molecule has 5 nitrogen and oxygen atoms in total. The first kappa shape index (κ1) is 13.3. The van der Waals surface area contributed by atoms with E-state index in [-0.39, 0.29) is 0 Å². The van der Waals surface area contributed by atoms with Gasteiger partial charge in [0.1, 0.15) is 5.65 Å². The second-order valence-electron chi connectivity index (χ2n) is 4.09. The van der Waals surface area contributed by atoms with Crippen molar-refractivity contribution in [3.63, 3.8) is 0 Å². The van der Waals surface area contributed by atoms with Gasteiger partial charge in [-0.3, -0.25) is 0 Å². The fraction of sp³-hybridized carbons (Fsp3) is 0.417. The molecule has 2 aromatic heterocycles. The van der Waals surface area contributed by atoms with Crippen molar-refractivity contribution in [2.24, 2.45) is 0 Å². The third-order valence-electron chi connectivity index (χ3n) is 2.51. The van der Waals surface area contributed by atoms with Gasteiger partial charge in [0.05, 0.1) is 23.4 Å². The predicted molar refractivity (Wildman–Crippen MR) is 69.8 cm³/mol. The van der Waals surface area contributed by atoms with Gasteiger partial charge in [0.25, 0.3) is 0 Å². The van der Waals surface area contributed by atoms with Crippen LogP contribution in [0.2, 0.25) is 5.02 Å². The molecule has 6 heteroatoms. The first-order valence-electron chi connectivity index (χ1n) is 5.70.